The zero-order valence-electron chi connectivity index (χ0n) is 15.1. The first-order chi connectivity index (χ1) is 13.6. The molecule has 0 aromatic carbocycles. The van der Waals surface area contributed by atoms with Crippen LogP contribution in [0.1, 0.15) is 0 Å². The Bertz CT molecular complexity index is 541. The minimum atomic E-state index is -1.87. The van der Waals surface area contributed by atoms with Crippen LogP contribution >= 0.6 is 11.8 Å². The van der Waals surface area contributed by atoms with Crippen LogP contribution in [0.3, 0.4) is 0 Å². The Hall–Kier alpha value is -0.620. The smallest absolute Gasteiger partial charge is 0.321 e. The predicted octanol–water partition coefficient (Wildman–Crippen LogP) is -5.64. The number of hydrogen-bond donors (Lipinski definition) is 10. The van der Waals surface area contributed by atoms with Gasteiger partial charge in [0.15, 0.2) is 6.29 Å². The Balaban J connectivity index is 2.11. The normalized spacial score (nSPS) is 39.7. The van der Waals surface area contributed by atoms with E-state index in [0.717, 1.165) is 11.8 Å². The van der Waals surface area contributed by atoms with Crippen LogP contribution in [0.4, 0.5) is 0 Å². The molecule has 0 radical (unpaired) electrons. The fourth-order valence-electron chi connectivity index (χ4n) is 3.04. The second kappa shape index (κ2) is 10.6. The molecule has 2 aliphatic heterocycles. The number of carbonyl (C=O) groups is 1. The van der Waals surface area contributed by atoms with Crippen LogP contribution in [0.2, 0.25) is 0 Å². The zero-order valence-corrected chi connectivity index (χ0v) is 15.9. The molecule has 0 aromatic heterocycles. The van der Waals surface area contributed by atoms with Gasteiger partial charge < -0.3 is 55.4 Å². The van der Waals surface area contributed by atoms with Crippen LogP contribution < -0.4 is 5.32 Å². The number of ether oxygens (including phenoxy) is 2. The van der Waals surface area contributed by atoms with Gasteiger partial charge >= 0.3 is 5.97 Å². The molecule has 2 fully saturated rings. The van der Waals surface area contributed by atoms with Crippen molar-refractivity contribution in [2.45, 2.75) is 66.5 Å². The number of hydrogen-bond acceptors (Lipinski definition) is 13. The average molecular weight is 448 g/mol. The molecule has 10 N–H and O–H groups in total. The lowest BCUT2D eigenvalue weighted by molar-refractivity contribution is -0.327. The van der Waals surface area contributed by atoms with E-state index in [2.05, 4.69) is 5.32 Å². The topological polar surface area (TPSA) is 230 Å². The number of thioether (sulfide) groups is 1. The minimum absolute atomic E-state index is 0.116. The van der Waals surface area contributed by atoms with E-state index >= 15 is 0 Å². The number of aliphatic hydroxyl groups excluding tert-OH is 8. The van der Waals surface area contributed by atoms with Gasteiger partial charge in [-0.05, 0) is 0 Å². The Morgan fingerprint density at radius 2 is 1.79 bits per heavy atom. The Morgan fingerprint density at radius 1 is 1.14 bits per heavy atom. The molecule has 11 atom stereocenters. The lowest BCUT2D eigenvalue weighted by Crippen LogP contribution is -2.62. The Labute approximate surface area is 169 Å². The monoisotopic (exact) mass is 448 g/mol. The summed E-state index contributed by atoms with van der Waals surface area (Å²) in [6, 6.07) is -0.959. The number of carboxylic acid groups (broad SMARTS) is 1. The molecule has 2 rings (SSSR count). The van der Waals surface area contributed by atoms with E-state index in [1.54, 1.807) is 0 Å². The molecule has 14 heteroatoms. The van der Waals surface area contributed by atoms with E-state index < -0.39 is 85.7 Å². The summed E-state index contributed by atoms with van der Waals surface area (Å²) in [4.78, 5) is 11.0. The quantitative estimate of drug-likeness (QED) is 0.159. The number of aliphatic carboxylic acids is 1. The second-order valence-electron chi connectivity index (χ2n) is 6.84. The van der Waals surface area contributed by atoms with Crippen LogP contribution in [0.25, 0.3) is 0 Å². The number of nitrogens with one attached hydrogen (secondary N) is 1. The van der Waals surface area contributed by atoms with Gasteiger partial charge in [0, 0.05) is 5.75 Å². The summed E-state index contributed by atoms with van der Waals surface area (Å²) in [7, 11) is 0. The van der Waals surface area contributed by atoms with Crippen molar-refractivity contribution >= 4 is 17.7 Å². The van der Waals surface area contributed by atoms with E-state index in [1.807, 2.05) is 0 Å². The van der Waals surface area contributed by atoms with E-state index in [1.165, 1.54) is 0 Å². The summed E-state index contributed by atoms with van der Waals surface area (Å²) in [5, 5.41) is 89.6. The highest BCUT2D eigenvalue weighted by molar-refractivity contribution is 8.00. The highest BCUT2D eigenvalue weighted by Crippen LogP contribution is 2.28. The number of rotatable bonds is 9. The molecular formula is C15H27NO12S. The van der Waals surface area contributed by atoms with Crippen LogP contribution in [0.5, 0.6) is 0 Å². The van der Waals surface area contributed by atoms with Gasteiger partial charge in [0.25, 0.3) is 0 Å². The number of aliphatic hydroxyl groups is 8. The lowest BCUT2D eigenvalue weighted by atomic mass is 9.98. The van der Waals surface area contributed by atoms with Gasteiger partial charge in [-0.2, -0.15) is 0 Å². The molecule has 0 aromatic rings. The molecule has 2 heterocycles. The molecule has 2 aliphatic rings. The fraction of sp³-hybridized carbons (Fsp3) is 0.933. The average Bonchev–Trinajstić information content (AvgIpc) is 3.20. The fourth-order valence-corrected chi connectivity index (χ4v) is 4.30. The van der Waals surface area contributed by atoms with Gasteiger partial charge in [-0.15, -0.1) is 11.8 Å². The van der Waals surface area contributed by atoms with Crippen molar-refractivity contribution < 1.29 is 60.2 Å². The molecule has 1 unspecified atom stereocenters. The van der Waals surface area contributed by atoms with Gasteiger partial charge in [0.05, 0.1) is 18.6 Å². The number of carboxylic acids is 1. The van der Waals surface area contributed by atoms with Crippen molar-refractivity contribution in [2.75, 3.05) is 19.0 Å². The van der Waals surface area contributed by atoms with Crippen molar-refractivity contribution in [1.82, 2.24) is 5.32 Å². The Kier molecular flexibility index (Phi) is 9.02. The van der Waals surface area contributed by atoms with Gasteiger partial charge in [-0.25, -0.2) is 0 Å². The summed E-state index contributed by atoms with van der Waals surface area (Å²) in [6.45, 7) is -1.64. The predicted molar refractivity (Wildman–Crippen MR) is 94.6 cm³/mol. The summed E-state index contributed by atoms with van der Waals surface area (Å²) in [5.41, 5.74) is 0. The standard InChI is InChI=1S/C15H27NO12S/c17-1-5(19)12(9(22)10(23)13-16-4(3-29-13)14(25)26)28-15-11(24)8(21)7(20)6(2-18)27-15/h4-13,15-24H,1-3H2,(H,25,26)/t4-,5+,6+,7-,8-,9+,10+,11+,12+,13?,15-/m0/s1/i29+3. The van der Waals surface area contributed by atoms with E-state index in [-0.39, 0.29) is 5.75 Å². The SMILES string of the molecule is O=C(O)[C@@H]1C[35S]C([C@H](O)[C@@H](O)[C@H](O[C@@H]2O[C@H](CO)[C@H](O)[C@H](O)[C@H]2O)[C@H](O)CO)N1. The third-order valence-electron chi connectivity index (χ3n) is 4.81. The minimum Gasteiger partial charge on any atom is -0.480 e. The molecule has 170 valence electrons. The molecule has 0 aliphatic carbocycles. The van der Waals surface area contributed by atoms with Crippen molar-refractivity contribution in [3.63, 3.8) is 0 Å². The molecule has 0 saturated carbocycles. The van der Waals surface area contributed by atoms with Crippen LogP contribution in [-0.2, 0) is 14.3 Å². The molecular weight excluding hydrogens is 421 g/mol. The summed E-state index contributed by atoms with van der Waals surface area (Å²) in [6.07, 6.45) is -15.3. The van der Waals surface area contributed by atoms with E-state index in [4.69, 9.17) is 14.6 Å². The summed E-state index contributed by atoms with van der Waals surface area (Å²) < 4.78 is 10.4. The molecule has 0 amide bonds. The third-order valence-corrected chi connectivity index (χ3v) is 6.11. The summed E-state index contributed by atoms with van der Waals surface area (Å²) in [5.74, 6) is -1.03. The molecule has 2 saturated heterocycles. The van der Waals surface area contributed by atoms with Gasteiger partial charge in [-0.3, -0.25) is 10.1 Å². The second-order valence-corrected chi connectivity index (χ2v) is 8.02. The maximum absolute atomic E-state index is 11.0. The van der Waals surface area contributed by atoms with E-state index in [9.17, 15) is 45.6 Å². The maximum Gasteiger partial charge on any atom is 0.321 e. The first kappa shape index (κ1) is 24.6. The van der Waals surface area contributed by atoms with Gasteiger partial charge in [0.1, 0.15) is 54.9 Å². The first-order valence-corrected chi connectivity index (χ1v) is 9.88. The Morgan fingerprint density at radius 3 is 2.31 bits per heavy atom. The highest BCUT2D eigenvalue weighted by Gasteiger charge is 2.48. The van der Waals surface area contributed by atoms with Crippen LogP contribution in [0, 0.1) is 0 Å². The molecule has 29 heavy (non-hydrogen) atoms. The van der Waals surface area contributed by atoms with Crippen LogP contribution in [0.15, 0.2) is 0 Å². The lowest BCUT2D eigenvalue weighted by Gasteiger charge is -2.42. The molecule has 0 spiro atoms. The summed E-state index contributed by atoms with van der Waals surface area (Å²) >= 11 is 1.01. The first-order valence-electron chi connectivity index (χ1n) is 8.83. The maximum atomic E-state index is 11.0. The highest BCUT2D eigenvalue weighted by atomic mass is 35.1. The molecule has 0 bridgehead atoms. The molecule has 13 nitrogen and oxygen atoms in total. The van der Waals surface area contributed by atoms with Gasteiger partial charge in [-0.1, -0.05) is 0 Å². The van der Waals surface area contributed by atoms with Crippen LogP contribution in [-0.4, -0.2) is 137 Å². The largest absolute Gasteiger partial charge is 0.480 e. The van der Waals surface area contributed by atoms with Crippen molar-refractivity contribution in [2.24, 2.45) is 0 Å². The van der Waals surface area contributed by atoms with E-state index in [0.29, 0.717) is 0 Å². The van der Waals surface area contributed by atoms with Crippen molar-refractivity contribution in [3.8, 4) is 0 Å². The van der Waals surface area contributed by atoms with Crippen molar-refractivity contribution in [1.29, 1.82) is 0 Å². The van der Waals surface area contributed by atoms with Gasteiger partial charge in [0.2, 0.25) is 0 Å². The van der Waals surface area contributed by atoms with Crippen molar-refractivity contribution in [3.05, 3.63) is 0 Å². The third kappa shape index (κ3) is 5.55. The zero-order chi connectivity index (χ0) is 21.9.